The Balaban J connectivity index is 1.85. The minimum absolute atomic E-state index is 0.472. The van der Waals surface area contributed by atoms with E-state index >= 15 is 0 Å². The molecular weight excluding hydrogens is 260 g/mol. The molecule has 0 unspecified atom stereocenters. The molecule has 1 aliphatic heterocycles. The van der Waals surface area contributed by atoms with E-state index in [4.69, 9.17) is 16.3 Å². The summed E-state index contributed by atoms with van der Waals surface area (Å²) >= 11 is 5.77. The molecule has 19 heavy (non-hydrogen) atoms. The molecule has 2 heterocycles. The molecule has 98 valence electrons. The van der Waals surface area contributed by atoms with Crippen LogP contribution in [0, 0.1) is 0 Å². The first-order valence-electron chi connectivity index (χ1n) is 6.46. The van der Waals surface area contributed by atoms with Gasteiger partial charge in [0.1, 0.15) is 10.9 Å². The van der Waals surface area contributed by atoms with Crippen LogP contribution in [0.4, 0.5) is 5.69 Å². The fraction of sp³-hybridized carbons (Fsp3) is 0.267. The van der Waals surface area contributed by atoms with E-state index < -0.39 is 0 Å². The highest BCUT2D eigenvalue weighted by Crippen LogP contribution is 2.33. The first-order valence-corrected chi connectivity index (χ1v) is 6.84. The third-order valence-electron chi connectivity index (χ3n) is 3.24. The van der Waals surface area contributed by atoms with E-state index in [1.807, 2.05) is 24.3 Å². The Morgan fingerprint density at radius 1 is 1.05 bits per heavy atom. The number of ether oxygens (including phenoxy) is 1. The number of para-hydroxylation sites is 2. The minimum atomic E-state index is 0.472. The molecule has 1 aromatic heterocycles. The van der Waals surface area contributed by atoms with E-state index in [0.29, 0.717) is 10.9 Å². The largest absolute Gasteiger partial charge is 0.454 e. The maximum Gasteiger partial charge on any atom is 0.150 e. The summed E-state index contributed by atoms with van der Waals surface area (Å²) in [6.07, 6.45) is 4.14. The fourth-order valence-corrected chi connectivity index (χ4v) is 2.42. The maximum absolute atomic E-state index is 5.91. The number of nitrogens with zero attached hydrogens (tertiary/aromatic N) is 2. The molecule has 0 radical (unpaired) electrons. The van der Waals surface area contributed by atoms with Crippen LogP contribution in [0.15, 0.2) is 42.6 Å². The van der Waals surface area contributed by atoms with Gasteiger partial charge in [-0.2, -0.15) is 0 Å². The quantitative estimate of drug-likeness (QED) is 0.787. The van der Waals surface area contributed by atoms with Gasteiger partial charge in [0.15, 0.2) is 5.75 Å². The summed E-state index contributed by atoms with van der Waals surface area (Å²) in [7, 11) is 0. The monoisotopic (exact) mass is 274 g/mol. The van der Waals surface area contributed by atoms with Crippen molar-refractivity contribution < 1.29 is 4.74 Å². The average Bonchev–Trinajstić information content (AvgIpc) is 2.96. The topological polar surface area (TPSA) is 25.4 Å². The predicted octanol–water partition coefficient (Wildman–Crippen LogP) is 4.13. The van der Waals surface area contributed by atoms with Crippen molar-refractivity contribution in [2.75, 3.05) is 18.0 Å². The van der Waals surface area contributed by atoms with Gasteiger partial charge in [-0.3, -0.25) is 0 Å². The van der Waals surface area contributed by atoms with E-state index in [0.717, 1.165) is 24.5 Å². The van der Waals surface area contributed by atoms with Gasteiger partial charge >= 0.3 is 0 Å². The number of halogens is 1. The molecular formula is C15H15ClN2O. The summed E-state index contributed by atoms with van der Waals surface area (Å²) in [5.41, 5.74) is 1.15. The highest BCUT2D eigenvalue weighted by molar-refractivity contribution is 6.29. The zero-order chi connectivity index (χ0) is 13.1. The smallest absolute Gasteiger partial charge is 0.150 e. The molecule has 4 heteroatoms. The molecule has 1 aromatic carbocycles. The summed E-state index contributed by atoms with van der Waals surface area (Å²) in [5.74, 6) is 1.57. The van der Waals surface area contributed by atoms with Gasteiger partial charge < -0.3 is 9.64 Å². The Bertz CT molecular complexity index is 550. The van der Waals surface area contributed by atoms with Gasteiger partial charge in [0.05, 0.1) is 11.9 Å². The summed E-state index contributed by atoms with van der Waals surface area (Å²) < 4.78 is 5.91. The van der Waals surface area contributed by atoms with E-state index in [9.17, 15) is 0 Å². The van der Waals surface area contributed by atoms with Gasteiger partial charge in [0, 0.05) is 13.1 Å². The molecule has 0 saturated carbocycles. The zero-order valence-electron chi connectivity index (χ0n) is 10.6. The van der Waals surface area contributed by atoms with Crippen molar-refractivity contribution in [3.63, 3.8) is 0 Å². The lowest BCUT2D eigenvalue weighted by atomic mass is 10.2. The van der Waals surface area contributed by atoms with Gasteiger partial charge in [-0.1, -0.05) is 23.7 Å². The minimum Gasteiger partial charge on any atom is -0.454 e. The van der Waals surface area contributed by atoms with E-state index in [1.54, 1.807) is 12.3 Å². The van der Waals surface area contributed by atoms with Crippen LogP contribution in [-0.4, -0.2) is 18.1 Å². The molecule has 0 spiro atoms. The number of anilines is 1. The molecule has 3 nitrogen and oxygen atoms in total. The van der Waals surface area contributed by atoms with E-state index in [-0.39, 0.29) is 0 Å². The Hall–Kier alpha value is -1.74. The molecule has 0 N–H and O–H groups in total. The number of rotatable bonds is 3. The number of aromatic nitrogens is 1. The molecule has 1 fully saturated rings. The lowest BCUT2D eigenvalue weighted by molar-refractivity contribution is 0.480. The Labute approximate surface area is 117 Å². The van der Waals surface area contributed by atoms with Gasteiger partial charge in [0.25, 0.3) is 0 Å². The standard InChI is InChI=1S/C15H15ClN2O/c16-15-8-7-12(11-17-15)19-14-6-2-1-5-13(14)18-9-3-4-10-18/h1-2,5-8,11H,3-4,9-10H2. The Morgan fingerprint density at radius 2 is 1.84 bits per heavy atom. The first kappa shape index (κ1) is 12.3. The van der Waals surface area contributed by atoms with Crippen molar-refractivity contribution >= 4 is 17.3 Å². The molecule has 1 saturated heterocycles. The highest BCUT2D eigenvalue weighted by Gasteiger charge is 2.16. The van der Waals surface area contributed by atoms with Crippen molar-refractivity contribution in [1.29, 1.82) is 0 Å². The normalized spacial score (nSPS) is 14.7. The van der Waals surface area contributed by atoms with Crippen LogP contribution >= 0.6 is 11.6 Å². The van der Waals surface area contributed by atoms with Gasteiger partial charge in [-0.15, -0.1) is 0 Å². The van der Waals surface area contributed by atoms with Crippen molar-refractivity contribution in [3.05, 3.63) is 47.7 Å². The number of hydrogen-bond acceptors (Lipinski definition) is 3. The molecule has 0 bridgehead atoms. The van der Waals surface area contributed by atoms with Crippen LogP contribution in [0.3, 0.4) is 0 Å². The Morgan fingerprint density at radius 3 is 2.58 bits per heavy atom. The van der Waals surface area contributed by atoms with Crippen molar-refractivity contribution in [3.8, 4) is 11.5 Å². The zero-order valence-corrected chi connectivity index (χ0v) is 11.3. The van der Waals surface area contributed by atoms with Gasteiger partial charge in [-0.05, 0) is 37.1 Å². The third-order valence-corrected chi connectivity index (χ3v) is 3.46. The second kappa shape index (κ2) is 5.49. The Kier molecular flexibility index (Phi) is 3.56. The lowest BCUT2D eigenvalue weighted by Crippen LogP contribution is -2.18. The van der Waals surface area contributed by atoms with Gasteiger partial charge in [0.2, 0.25) is 0 Å². The van der Waals surface area contributed by atoms with E-state index in [1.165, 1.54) is 12.8 Å². The van der Waals surface area contributed by atoms with Crippen molar-refractivity contribution in [2.45, 2.75) is 12.8 Å². The van der Waals surface area contributed by atoms with Crippen LogP contribution < -0.4 is 9.64 Å². The average molecular weight is 275 g/mol. The van der Waals surface area contributed by atoms with Crippen LogP contribution in [0.1, 0.15) is 12.8 Å². The fourth-order valence-electron chi connectivity index (χ4n) is 2.31. The molecule has 0 aliphatic carbocycles. The maximum atomic E-state index is 5.91. The van der Waals surface area contributed by atoms with Crippen LogP contribution in [-0.2, 0) is 0 Å². The molecule has 0 amide bonds. The number of benzene rings is 1. The van der Waals surface area contributed by atoms with Crippen LogP contribution in [0.2, 0.25) is 5.15 Å². The predicted molar refractivity (Wildman–Crippen MR) is 77.2 cm³/mol. The summed E-state index contributed by atoms with van der Waals surface area (Å²) in [5, 5.41) is 0.472. The lowest BCUT2D eigenvalue weighted by Gasteiger charge is -2.20. The second-order valence-electron chi connectivity index (χ2n) is 4.58. The molecule has 1 aliphatic rings. The molecule has 2 aromatic rings. The van der Waals surface area contributed by atoms with Crippen molar-refractivity contribution in [2.24, 2.45) is 0 Å². The van der Waals surface area contributed by atoms with Crippen LogP contribution in [0.25, 0.3) is 0 Å². The highest BCUT2D eigenvalue weighted by atomic mass is 35.5. The second-order valence-corrected chi connectivity index (χ2v) is 4.97. The van der Waals surface area contributed by atoms with E-state index in [2.05, 4.69) is 16.0 Å². The number of hydrogen-bond donors (Lipinski definition) is 0. The molecule has 0 atom stereocenters. The van der Waals surface area contributed by atoms with Gasteiger partial charge in [-0.25, -0.2) is 4.98 Å². The number of pyridine rings is 1. The third kappa shape index (κ3) is 2.82. The SMILES string of the molecule is Clc1ccc(Oc2ccccc2N2CCCC2)cn1. The molecule has 3 rings (SSSR count). The first-order chi connectivity index (χ1) is 9.33. The summed E-state index contributed by atoms with van der Waals surface area (Å²) in [6, 6.07) is 11.7. The van der Waals surface area contributed by atoms with Crippen molar-refractivity contribution in [1.82, 2.24) is 4.98 Å². The van der Waals surface area contributed by atoms with Crippen LogP contribution in [0.5, 0.6) is 11.5 Å². The summed E-state index contributed by atoms with van der Waals surface area (Å²) in [6.45, 7) is 2.19. The summed E-state index contributed by atoms with van der Waals surface area (Å²) in [4.78, 5) is 6.39.